The van der Waals surface area contributed by atoms with Crippen LogP contribution in [0.2, 0.25) is 0 Å². The van der Waals surface area contributed by atoms with Crippen LogP contribution in [0.25, 0.3) is 0 Å². The zero-order valence-corrected chi connectivity index (χ0v) is 15.8. The van der Waals surface area contributed by atoms with Gasteiger partial charge in [-0.25, -0.2) is 0 Å². The second kappa shape index (κ2) is 8.35. The zero-order chi connectivity index (χ0) is 19.2. The van der Waals surface area contributed by atoms with Crippen LogP contribution in [0.1, 0.15) is 28.1 Å². The molecule has 2 N–H and O–H groups in total. The third kappa shape index (κ3) is 4.54. The van der Waals surface area contributed by atoms with Crippen LogP contribution in [0.5, 0.6) is 0 Å². The average molecular weight is 366 g/mol. The van der Waals surface area contributed by atoms with Crippen LogP contribution in [0, 0.1) is 6.92 Å². The molecular formula is C24H22N4. The van der Waals surface area contributed by atoms with Gasteiger partial charge in [-0.2, -0.15) is 0 Å². The van der Waals surface area contributed by atoms with E-state index in [0.29, 0.717) is 0 Å². The maximum Gasteiger partial charge on any atom is 0.0659 e. The van der Waals surface area contributed by atoms with Crippen LogP contribution in [0.3, 0.4) is 0 Å². The molecule has 0 aliphatic carbocycles. The van der Waals surface area contributed by atoms with Crippen molar-refractivity contribution in [2.75, 3.05) is 0 Å². The highest BCUT2D eigenvalue weighted by Gasteiger charge is 2.01. The number of nitrogens with zero attached hydrogens (tertiary/aromatic N) is 2. The van der Waals surface area contributed by atoms with E-state index in [1.54, 1.807) is 0 Å². The number of nitrogens with one attached hydrogen (secondary N) is 2. The molecule has 2 aromatic heterocycles. The maximum atomic E-state index is 4.57. The first-order valence-corrected chi connectivity index (χ1v) is 9.30. The van der Waals surface area contributed by atoms with Gasteiger partial charge in [-0.15, -0.1) is 0 Å². The Balaban J connectivity index is 1.42. The molecule has 4 rings (SSSR count). The second-order valence-electron chi connectivity index (χ2n) is 6.73. The van der Waals surface area contributed by atoms with E-state index in [9.17, 15) is 0 Å². The van der Waals surface area contributed by atoms with E-state index in [4.69, 9.17) is 0 Å². The minimum absolute atomic E-state index is 0.891. The molecule has 0 radical (unpaired) electrons. The Morgan fingerprint density at radius 2 is 1.39 bits per heavy atom. The summed E-state index contributed by atoms with van der Waals surface area (Å²) in [6, 6.07) is 22.7. The van der Waals surface area contributed by atoms with Gasteiger partial charge in [0.05, 0.1) is 35.2 Å². The van der Waals surface area contributed by atoms with E-state index in [0.717, 1.165) is 29.2 Å². The number of H-pyrrole nitrogens is 2. The number of benzene rings is 2. The fourth-order valence-electron chi connectivity index (χ4n) is 3.04. The van der Waals surface area contributed by atoms with E-state index in [1.165, 1.54) is 16.7 Å². The number of aromatic amines is 2. The van der Waals surface area contributed by atoms with Crippen molar-refractivity contribution >= 4 is 23.8 Å². The Kier molecular flexibility index (Phi) is 5.29. The van der Waals surface area contributed by atoms with Gasteiger partial charge in [0.1, 0.15) is 0 Å². The van der Waals surface area contributed by atoms with Crippen molar-refractivity contribution in [1.29, 1.82) is 0 Å². The second-order valence-corrected chi connectivity index (χ2v) is 6.73. The van der Waals surface area contributed by atoms with Crippen molar-refractivity contribution in [3.05, 3.63) is 107 Å². The average Bonchev–Trinajstić information content (AvgIpc) is 3.41. The molecule has 0 fully saturated rings. The largest absolute Gasteiger partial charge is 0.360 e. The quantitative estimate of drug-likeness (QED) is 0.409. The molecule has 0 aliphatic heterocycles. The lowest BCUT2D eigenvalue weighted by Gasteiger charge is -2.06. The molecule has 0 aliphatic rings. The summed E-state index contributed by atoms with van der Waals surface area (Å²) < 4.78 is 0. The summed E-state index contributed by atoms with van der Waals surface area (Å²) in [5.41, 5.74) is 7.66. The predicted octanol–water partition coefficient (Wildman–Crippen LogP) is 5.74. The fraction of sp³-hybridized carbons (Fsp3) is 0.0833. The minimum atomic E-state index is 0.891. The standard InChI is InChI=1S/C24H22N4/c1-18-14-20(8-11-24(18)28-17-23-5-3-13-26-23)15-19-6-9-21(10-7-19)27-16-22-4-2-12-25-22/h2-14,16-17,25-26H,15H2,1H3. The van der Waals surface area contributed by atoms with Crippen molar-refractivity contribution in [2.24, 2.45) is 9.98 Å². The Morgan fingerprint density at radius 1 is 0.750 bits per heavy atom. The molecule has 0 saturated carbocycles. The molecule has 28 heavy (non-hydrogen) atoms. The van der Waals surface area contributed by atoms with Crippen molar-refractivity contribution in [3.8, 4) is 0 Å². The highest BCUT2D eigenvalue weighted by atomic mass is 14.8. The molecule has 0 spiro atoms. The first-order valence-electron chi connectivity index (χ1n) is 9.30. The van der Waals surface area contributed by atoms with Crippen molar-refractivity contribution in [1.82, 2.24) is 9.97 Å². The van der Waals surface area contributed by atoms with Crippen LogP contribution in [0.4, 0.5) is 11.4 Å². The fourth-order valence-corrected chi connectivity index (χ4v) is 3.04. The molecule has 0 bridgehead atoms. The molecule has 0 atom stereocenters. The highest BCUT2D eigenvalue weighted by Crippen LogP contribution is 2.22. The number of rotatable bonds is 6. The molecule has 0 saturated heterocycles. The normalized spacial score (nSPS) is 11.6. The van der Waals surface area contributed by atoms with Gasteiger partial charge < -0.3 is 9.97 Å². The molecule has 138 valence electrons. The molecular weight excluding hydrogens is 344 g/mol. The van der Waals surface area contributed by atoms with Crippen molar-refractivity contribution in [3.63, 3.8) is 0 Å². The van der Waals surface area contributed by atoms with Crippen molar-refractivity contribution in [2.45, 2.75) is 13.3 Å². The van der Waals surface area contributed by atoms with Crippen LogP contribution < -0.4 is 0 Å². The summed E-state index contributed by atoms with van der Waals surface area (Å²) in [7, 11) is 0. The third-order valence-electron chi connectivity index (χ3n) is 4.55. The first kappa shape index (κ1) is 17.7. The van der Waals surface area contributed by atoms with Gasteiger partial charge in [0.15, 0.2) is 0 Å². The lowest BCUT2D eigenvalue weighted by molar-refractivity contribution is 1.18. The lowest BCUT2D eigenvalue weighted by Crippen LogP contribution is -1.89. The van der Waals surface area contributed by atoms with Gasteiger partial charge in [0.25, 0.3) is 0 Å². The van der Waals surface area contributed by atoms with Gasteiger partial charge in [-0.1, -0.05) is 24.3 Å². The Bertz CT molecular complexity index is 1070. The lowest BCUT2D eigenvalue weighted by atomic mass is 10.0. The molecule has 4 nitrogen and oxygen atoms in total. The summed E-state index contributed by atoms with van der Waals surface area (Å²) in [6.07, 6.45) is 8.37. The number of aliphatic imine (C=N–C) groups is 2. The monoisotopic (exact) mass is 366 g/mol. The zero-order valence-electron chi connectivity index (χ0n) is 15.8. The Labute approximate surface area is 164 Å². The van der Waals surface area contributed by atoms with Crippen LogP contribution >= 0.6 is 0 Å². The van der Waals surface area contributed by atoms with Gasteiger partial charge in [-0.3, -0.25) is 9.98 Å². The van der Waals surface area contributed by atoms with Gasteiger partial charge >= 0.3 is 0 Å². The van der Waals surface area contributed by atoms with Gasteiger partial charge in [0.2, 0.25) is 0 Å². The SMILES string of the molecule is Cc1cc(Cc2ccc(N=Cc3ccc[nH]3)cc2)ccc1N=Cc1ccc[nH]1. The number of aryl methyl sites for hydroxylation is 1. The van der Waals surface area contributed by atoms with E-state index in [2.05, 4.69) is 69.3 Å². The van der Waals surface area contributed by atoms with Crippen LogP contribution in [0.15, 0.2) is 89.1 Å². The molecule has 4 heteroatoms. The number of aromatic nitrogens is 2. The van der Waals surface area contributed by atoms with E-state index < -0.39 is 0 Å². The summed E-state index contributed by atoms with van der Waals surface area (Å²) >= 11 is 0. The summed E-state index contributed by atoms with van der Waals surface area (Å²) in [6.45, 7) is 2.10. The predicted molar refractivity (Wildman–Crippen MR) is 117 cm³/mol. The Hall–Kier alpha value is -3.66. The Morgan fingerprint density at radius 3 is 2.00 bits per heavy atom. The first-order chi connectivity index (χ1) is 13.8. The third-order valence-corrected chi connectivity index (χ3v) is 4.55. The highest BCUT2D eigenvalue weighted by molar-refractivity contribution is 5.80. The topological polar surface area (TPSA) is 56.3 Å². The summed E-state index contributed by atoms with van der Waals surface area (Å²) in [4.78, 5) is 15.3. The van der Waals surface area contributed by atoms with Gasteiger partial charge in [0, 0.05) is 12.4 Å². The van der Waals surface area contributed by atoms with Gasteiger partial charge in [-0.05, 0) is 72.5 Å². The molecule has 0 amide bonds. The summed E-state index contributed by atoms with van der Waals surface area (Å²) in [5.74, 6) is 0. The molecule has 4 aromatic rings. The van der Waals surface area contributed by atoms with Crippen LogP contribution in [-0.4, -0.2) is 22.4 Å². The number of hydrogen-bond donors (Lipinski definition) is 2. The molecule has 2 aromatic carbocycles. The van der Waals surface area contributed by atoms with Crippen molar-refractivity contribution < 1.29 is 0 Å². The summed E-state index contributed by atoms with van der Waals surface area (Å²) in [5, 5.41) is 0. The van der Waals surface area contributed by atoms with E-state index in [-0.39, 0.29) is 0 Å². The number of hydrogen-bond acceptors (Lipinski definition) is 2. The molecule has 0 unspecified atom stereocenters. The molecule has 2 heterocycles. The van der Waals surface area contributed by atoms with E-state index in [1.807, 2.05) is 49.1 Å². The maximum absolute atomic E-state index is 4.57. The minimum Gasteiger partial charge on any atom is -0.360 e. The van der Waals surface area contributed by atoms with E-state index >= 15 is 0 Å². The smallest absolute Gasteiger partial charge is 0.0659 e. The van der Waals surface area contributed by atoms with Crippen LogP contribution in [-0.2, 0) is 6.42 Å².